The molecular formula is C52H70O2. The highest BCUT2D eigenvalue weighted by Crippen LogP contribution is 2.61. The molecule has 0 aliphatic heterocycles. The minimum absolute atomic E-state index is 0.0392. The molecule has 0 saturated carbocycles. The SMILES string of the molecule is C#Cc1cccc2c1C1c3cccc(C#C)c3C2c2c(OCCCCCCCCCCCCCC)ccc(OCCCCCCCCCCCCCC)c21. The summed E-state index contributed by atoms with van der Waals surface area (Å²) < 4.78 is 13.5. The van der Waals surface area contributed by atoms with Crippen LogP contribution in [0.4, 0.5) is 0 Å². The monoisotopic (exact) mass is 727 g/mol. The van der Waals surface area contributed by atoms with Gasteiger partial charge in [-0.3, -0.25) is 0 Å². The number of unbranched alkanes of at least 4 members (excludes halogenated alkanes) is 22. The van der Waals surface area contributed by atoms with Crippen molar-refractivity contribution in [1.82, 2.24) is 0 Å². The summed E-state index contributed by atoms with van der Waals surface area (Å²) in [5.74, 6) is 7.91. The molecule has 0 spiro atoms. The van der Waals surface area contributed by atoms with E-state index in [1.165, 1.54) is 175 Å². The lowest BCUT2D eigenvalue weighted by Gasteiger charge is -2.44. The Hall–Kier alpha value is -3.62. The van der Waals surface area contributed by atoms with E-state index >= 15 is 0 Å². The number of terminal acetylenes is 2. The Morgan fingerprint density at radius 3 is 1.04 bits per heavy atom. The average Bonchev–Trinajstić information content (AvgIpc) is 3.20. The summed E-state index contributed by atoms with van der Waals surface area (Å²) in [6.45, 7) is 6.03. The van der Waals surface area contributed by atoms with E-state index in [0.29, 0.717) is 0 Å². The van der Waals surface area contributed by atoms with Gasteiger partial charge in [0.1, 0.15) is 11.5 Å². The second-order valence-electron chi connectivity index (χ2n) is 16.1. The highest BCUT2D eigenvalue weighted by atomic mass is 16.5. The third-order valence-electron chi connectivity index (χ3n) is 12.1. The number of rotatable bonds is 28. The molecular weight excluding hydrogens is 657 g/mol. The van der Waals surface area contributed by atoms with Crippen molar-refractivity contribution in [3.05, 3.63) is 93.0 Å². The Morgan fingerprint density at radius 2 is 0.722 bits per heavy atom. The molecule has 0 heterocycles. The lowest BCUT2D eigenvalue weighted by Crippen LogP contribution is -2.30. The number of hydrogen-bond acceptors (Lipinski definition) is 2. The van der Waals surface area contributed by atoms with Crippen LogP contribution in [0.3, 0.4) is 0 Å². The smallest absolute Gasteiger partial charge is 0.124 e. The van der Waals surface area contributed by atoms with Gasteiger partial charge in [-0.05, 0) is 59.4 Å². The molecule has 2 nitrogen and oxygen atoms in total. The van der Waals surface area contributed by atoms with Gasteiger partial charge in [0.25, 0.3) is 0 Å². The summed E-state index contributed by atoms with van der Waals surface area (Å²) in [6.07, 6.45) is 44.4. The van der Waals surface area contributed by atoms with Crippen molar-refractivity contribution in [2.75, 3.05) is 13.2 Å². The zero-order chi connectivity index (χ0) is 37.8. The molecule has 290 valence electrons. The van der Waals surface area contributed by atoms with Crippen molar-refractivity contribution in [3.63, 3.8) is 0 Å². The summed E-state index contributed by atoms with van der Waals surface area (Å²) >= 11 is 0. The van der Waals surface area contributed by atoms with Crippen LogP contribution in [-0.4, -0.2) is 13.2 Å². The van der Waals surface area contributed by atoms with Gasteiger partial charge in [0.05, 0.1) is 13.2 Å². The Balaban J connectivity index is 1.23. The molecule has 3 aliphatic carbocycles. The summed E-state index contributed by atoms with van der Waals surface area (Å²) in [5, 5.41) is 0. The van der Waals surface area contributed by atoms with Gasteiger partial charge in [0.15, 0.2) is 0 Å². The topological polar surface area (TPSA) is 18.5 Å². The van der Waals surface area contributed by atoms with E-state index in [1.54, 1.807) is 0 Å². The van der Waals surface area contributed by atoms with Gasteiger partial charge >= 0.3 is 0 Å². The third kappa shape index (κ3) is 11.0. The van der Waals surface area contributed by atoms with E-state index in [1.807, 2.05) is 0 Å². The van der Waals surface area contributed by atoms with Gasteiger partial charge in [0, 0.05) is 34.1 Å². The summed E-state index contributed by atoms with van der Waals surface area (Å²) in [6, 6.07) is 17.2. The number of ether oxygens (including phenoxy) is 2. The number of hydrogen-bond donors (Lipinski definition) is 0. The molecule has 0 fully saturated rings. The van der Waals surface area contributed by atoms with Gasteiger partial charge in [-0.1, -0.05) is 191 Å². The van der Waals surface area contributed by atoms with Crippen molar-refractivity contribution < 1.29 is 9.47 Å². The molecule has 3 aliphatic rings. The molecule has 2 atom stereocenters. The zero-order valence-electron chi connectivity index (χ0n) is 34.1. The first-order valence-electron chi connectivity index (χ1n) is 22.4. The normalized spacial score (nSPS) is 14.9. The molecule has 3 aromatic carbocycles. The maximum atomic E-state index is 6.74. The van der Waals surface area contributed by atoms with Crippen molar-refractivity contribution in [2.45, 2.75) is 180 Å². The fourth-order valence-corrected chi connectivity index (χ4v) is 9.17. The highest BCUT2D eigenvalue weighted by Gasteiger charge is 2.46. The van der Waals surface area contributed by atoms with E-state index < -0.39 is 0 Å². The second kappa shape index (κ2) is 23.3. The van der Waals surface area contributed by atoms with Crippen LogP contribution >= 0.6 is 0 Å². The van der Waals surface area contributed by atoms with E-state index in [0.717, 1.165) is 48.7 Å². The Labute approximate surface area is 330 Å². The molecule has 2 heteroatoms. The molecule has 0 radical (unpaired) electrons. The molecule has 0 saturated heterocycles. The van der Waals surface area contributed by atoms with Crippen molar-refractivity contribution in [2.24, 2.45) is 0 Å². The predicted octanol–water partition coefficient (Wildman–Crippen LogP) is 14.8. The molecule has 54 heavy (non-hydrogen) atoms. The first-order chi connectivity index (χ1) is 26.7. The first kappa shape index (κ1) is 41.5. The fraction of sp³-hybridized carbons (Fsp3) is 0.577. The van der Waals surface area contributed by atoms with Crippen molar-refractivity contribution >= 4 is 0 Å². The van der Waals surface area contributed by atoms with Crippen LogP contribution in [0.15, 0.2) is 48.5 Å². The molecule has 0 amide bonds. The molecule has 0 N–H and O–H groups in total. The van der Waals surface area contributed by atoms with Crippen molar-refractivity contribution in [1.29, 1.82) is 0 Å². The highest BCUT2D eigenvalue weighted by molar-refractivity contribution is 5.77. The molecule has 0 aromatic heterocycles. The maximum absolute atomic E-state index is 6.74. The van der Waals surface area contributed by atoms with Crippen LogP contribution < -0.4 is 9.47 Å². The predicted molar refractivity (Wildman–Crippen MR) is 230 cm³/mol. The van der Waals surface area contributed by atoms with Crippen LogP contribution in [0.1, 0.15) is 224 Å². The quantitative estimate of drug-likeness (QED) is 0.0377. The summed E-state index contributed by atoms with van der Waals surface area (Å²) in [4.78, 5) is 0. The largest absolute Gasteiger partial charge is 0.493 e. The first-order valence-corrected chi connectivity index (χ1v) is 22.4. The van der Waals surface area contributed by atoms with Crippen LogP contribution in [-0.2, 0) is 0 Å². The van der Waals surface area contributed by atoms with Crippen LogP contribution in [0.5, 0.6) is 11.5 Å². The molecule has 6 rings (SSSR count). The summed E-state index contributed by atoms with van der Waals surface area (Å²) in [7, 11) is 0. The average molecular weight is 727 g/mol. The van der Waals surface area contributed by atoms with Crippen LogP contribution in [0, 0.1) is 24.7 Å². The standard InChI is InChI=1S/C52H70O2/c1-5-9-11-13-15-17-19-21-23-25-27-29-39-53-45-37-38-46(54-40-30-28-26-24-22-20-18-16-14-12-10-6-2)52-50-44-36-32-33-41(7-3)47(44)49(51(45)52)43-35-31-34-42(8-4)48(43)50/h3-4,31-38,49-50H,5-6,9-30,39-40H2,1-2H3. The van der Waals surface area contributed by atoms with Crippen molar-refractivity contribution in [3.8, 4) is 36.2 Å². The maximum Gasteiger partial charge on any atom is 0.124 e. The van der Waals surface area contributed by atoms with E-state index in [-0.39, 0.29) is 11.8 Å². The third-order valence-corrected chi connectivity index (χ3v) is 12.1. The minimum Gasteiger partial charge on any atom is -0.493 e. The van der Waals surface area contributed by atoms with Gasteiger partial charge < -0.3 is 9.47 Å². The van der Waals surface area contributed by atoms with E-state index in [4.69, 9.17) is 22.3 Å². The minimum atomic E-state index is -0.0392. The molecule has 2 unspecified atom stereocenters. The summed E-state index contributed by atoms with van der Waals surface area (Å²) in [5.41, 5.74) is 9.34. The van der Waals surface area contributed by atoms with Gasteiger partial charge in [0.2, 0.25) is 0 Å². The van der Waals surface area contributed by atoms with Crippen LogP contribution in [0.25, 0.3) is 0 Å². The number of benzene rings is 3. The lowest BCUT2D eigenvalue weighted by atomic mass is 9.59. The Kier molecular flexibility index (Phi) is 18.0. The van der Waals surface area contributed by atoms with Crippen LogP contribution in [0.2, 0.25) is 0 Å². The fourth-order valence-electron chi connectivity index (χ4n) is 9.17. The zero-order valence-corrected chi connectivity index (χ0v) is 34.1. The lowest BCUT2D eigenvalue weighted by molar-refractivity contribution is 0.289. The van der Waals surface area contributed by atoms with E-state index in [9.17, 15) is 0 Å². The second-order valence-corrected chi connectivity index (χ2v) is 16.1. The molecule has 3 aromatic rings. The Bertz CT molecular complexity index is 1530. The van der Waals surface area contributed by atoms with Gasteiger partial charge in [-0.15, -0.1) is 12.8 Å². The van der Waals surface area contributed by atoms with Gasteiger partial charge in [-0.2, -0.15) is 0 Å². The van der Waals surface area contributed by atoms with Gasteiger partial charge in [-0.25, -0.2) is 0 Å². The molecule has 2 bridgehead atoms. The van der Waals surface area contributed by atoms with E-state index in [2.05, 4.69) is 74.2 Å². The Morgan fingerprint density at radius 1 is 0.407 bits per heavy atom.